The average molecular weight is 707 g/mol. The Balaban J connectivity index is 1.02. The number of fused-ring (bicyclic) bond motifs is 8. The molecule has 7 aromatic carbocycles. The lowest BCUT2D eigenvalue weighted by molar-refractivity contribution is 1.17. The minimum absolute atomic E-state index is 0.696. The van der Waals surface area contributed by atoms with Crippen LogP contribution in [0.3, 0.4) is 0 Å². The van der Waals surface area contributed by atoms with E-state index in [1.165, 1.54) is 47.4 Å². The van der Waals surface area contributed by atoms with Crippen molar-refractivity contribution in [1.82, 2.24) is 19.5 Å². The molecule has 0 aliphatic rings. The molecule has 0 amide bonds. The first-order valence-electron chi connectivity index (χ1n) is 18.1. The van der Waals surface area contributed by atoms with E-state index in [0.717, 1.165) is 50.5 Å². The van der Waals surface area contributed by atoms with Crippen LogP contribution in [0.2, 0.25) is 0 Å². The fourth-order valence-corrected chi connectivity index (χ4v) is 9.10. The van der Waals surface area contributed by atoms with Gasteiger partial charge < -0.3 is 4.57 Å². The van der Waals surface area contributed by atoms with Crippen molar-refractivity contribution in [3.8, 4) is 50.8 Å². The molecule has 11 aromatic rings. The Bertz CT molecular complexity index is 3140. The molecule has 0 saturated carbocycles. The lowest BCUT2D eigenvalue weighted by Gasteiger charge is -2.12. The summed E-state index contributed by atoms with van der Waals surface area (Å²) in [5, 5.41) is 6.24. The second kappa shape index (κ2) is 12.3. The highest BCUT2D eigenvalue weighted by Crippen LogP contribution is 2.43. The summed E-state index contributed by atoms with van der Waals surface area (Å²) in [6, 6.07) is 64.1. The van der Waals surface area contributed by atoms with Gasteiger partial charge in [-0.1, -0.05) is 140 Å². The number of pyridine rings is 1. The molecule has 0 aliphatic heterocycles. The molecular weight excluding hydrogens is 677 g/mol. The van der Waals surface area contributed by atoms with Gasteiger partial charge in [0, 0.05) is 59.6 Å². The van der Waals surface area contributed by atoms with Gasteiger partial charge in [0.05, 0.1) is 38.3 Å². The molecule has 0 atom stereocenters. The Kier molecular flexibility index (Phi) is 7.00. The van der Waals surface area contributed by atoms with Gasteiger partial charge in [-0.05, 0) is 42.5 Å². The van der Waals surface area contributed by atoms with Crippen LogP contribution in [0.5, 0.6) is 0 Å². The fourth-order valence-electron chi connectivity index (χ4n) is 7.87. The van der Waals surface area contributed by atoms with Crippen LogP contribution in [0, 0.1) is 0 Å². The number of hydrogen-bond acceptors (Lipinski definition) is 4. The summed E-state index contributed by atoms with van der Waals surface area (Å²) in [6.45, 7) is 0. The maximum absolute atomic E-state index is 5.22. The van der Waals surface area contributed by atoms with Crippen molar-refractivity contribution in [2.75, 3.05) is 0 Å². The largest absolute Gasteiger partial charge is 0.309 e. The Morgan fingerprint density at radius 3 is 1.63 bits per heavy atom. The van der Waals surface area contributed by atoms with Gasteiger partial charge in [-0.2, -0.15) is 0 Å². The standard InChI is InChI=1S/C49H30N4S/c1-2-12-34(13-3-1)49-51-41(30-42(52-49)32-26-28-35(29-27-32)53-43-19-9-5-14-36(43)37-15-6-10-20-44(37)53)31-22-24-33(25-23-31)47-48-46(38-16-4-8-18-40(38)50-47)39-17-7-11-21-45(39)54-48/h1-30H. The molecule has 0 spiro atoms. The summed E-state index contributed by atoms with van der Waals surface area (Å²) in [5.41, 5.74) is 11.4. The van der Waals surface area contributed by atoms with E-state index < -0.39 is 0 Å². The van der Waals surface area contributed by atoms with Crippen LogP contribution >= 0.6 is 11.3 Å². The highest BCUT2D eigenvalue weighted by atomic mass is 32.1. The molecule has 4 nitrogen and oxygen atoms in total. The molecule has 0 N–H and O–H groups in total. The molecule has 0 radical (unpaired) electrons. The maximum Gasteiger partial charge on any atom is 0.160 e. The van der Waals surface area contributed by atoms with E-state index >= 15 is 0 Å². The minimum atomic E-state index is 0.696. The van der Waals surface area contributed by atoms with Crippen LogP contribution in [-0.2, 0) is 0 Å². The van der Waals surface area contributed by atoms with Crippen molar-refractivity contribution in [3.05, 3.63) is 182 Å². The molecule has 0 unspecified atom stereocenters. The van der Waals surface area contributed by atoms with Gasteiger partial charge in [-0.15, -0.1) is 11.3 Å². The van der Waals surface area contributed by atoms with Crippen LogP contribution in [0.1, 0.15) is 0 Å². The van der Waals surface area contributed by atoms with Gasteiger partial charge in [0.1, 0.15) is 0 Å². The normalized spacial score (nSPS) is 11.7. The highest BCUT2D eigenvalue weighted by molar-refractivity contribution is 7.26. The zero-order valence-electron chi connectivity index (χ0n) is 29.0. The highest BCUT2D eigenvalue weighted by Gasteiger charge is 2.17. The molecule has 0 aliphatic carbocycles. The lowest BCUT2D eigenvalue weighted by atomic mass is 10.0. The molecule has 11 rings (SSSR count). The van der Waals surface area contributed by atoms with Crippen LogP contribution in [0.25, 0.3) is 104 Å². The minimum Gasteiger partial charge on any atom is -0.309 e. The number of benzene rings is 7. The van der Waals surface area contributed by atoms with Crippen molar-refractivity contribution in [2.24, 2.45) is 0 Å². The van der Waals surface area contributed by atoms with E-state index in [0.29, 0.717) is 5.82 Å². The van der Waals surface area contributed by atoms with Crippen molar-refractivity contribution in [3.63, 3.8) is 0 Å². The topological polar surface area (TPSA) is 43.6 Å². The number of hydrogen-bond donors (Lipinski definition) is 0. The van der Waals surface area contributed by atoms with Gasteiger partial charge >= 0.3 is 0 Å². The number of aromatic nitrogens is 4. The number of thiophene rings is 1. The predicted octanol–water partition coefficient (Wildman–Crippen LogP) is 13.2. The lowest BCUT2D eigenvalue weighted by Crippen LogP contribution is -1.97. The summed E-state index contributed by atoms with van der Waals surface area (Å²) in [7, 11) is 0. The average Bonchev–Trinajstić information content (AvgIpc) is 3.81. The van der Waals surface area contributed by atoms with E-state index in [1.807, 2.05) is 29.5 Å². The fraction of sp³-hybridized carbons (Fsp3) is 0. The van der Waals surface area contributed by atoms with Gasteiger partial charge in [-0.25, -0.2) is 15.0 Å². The van der Waals surface area contributed by atoms with Crippen molar-refractivity contribution in [2.45, 2.75) is 0 Å². The Hall–Kier alpha value is -6.95. The molecule has 0 saturated heterocycles. The van der Waals surface area contributed by atoms with E-state index in [1.54, 1.807) is 0 Å². The van der Waals surface area contributed by atoms with Gasteiger partial charge in [0.15, 0.2) is 5.82 Å². The zero-order valence-corrected chi connectivity index (χ0v) is 29.8. The van der Waals surface area contributed by atoms with E-state index in [9.17, 15) is 0 Å². The smallest absolute Gasteiger partial charge is 0.160 e. The Morgan fingerprint density at radius 2 is 0.944 bits per heavy atom. The molecule has 4 aromatic heterocycles. The molecular formula is C49H30N4S. The number of para-hydroxylation sites is 3. The van der Waals surface area contributed by atoms with E-state index in [2.05, 4.69) is 168 Å². The van der Waals surface area contributed by atoms with Gasteiger partial charge in [0.25, 0.3) is 0 Å². The van der Waals surface area contributed by atoms with Crippen molar-refractivity contribution >= 4 is 64.2 Å². The molecule has 252 valence electrons. The molecule has 4 heterocycles. The third-order valence-corrected chi connectivity index (χ3v) is 11.6. The number of rotatable bonds is 5. The number of nitrogens with zero attached hydrogens (tertiary/aromatic N) is 4. The third kappa shape index (κ3) is 4.94. The van der Waals surface area contributed by atoms with E-state index in [4.69, 9.17) is 15.0 Å². The first-order chi connectivity index (χ1) is 26.8. The summed E-state index contributed by atoms with van der Waals surface area (Å²) in [6.07, 6.45) is 0. The van der Waals surface area contributed by atoms with Gasteiger partial charge in [0.2, 0.25) is 0 Å². The Labute approximate surface area is 315 Å². The van der Waals surface area contributed by atoms with Crippen molar-refractivity contribution in [1.29, 1.82) is 0 Å². The van der Waals surface area contributed by atoms with Crippen LogP contribution in [-0.4, -0.2) is 19.5 Å². The monoisotopic (exact) mass is 706 g/mol. The summed E-state index contributed by atoms with van der Waals surface area (Å²) < 4.78 is 4.82. The molecule has 0 fully saturated rings. The van der Waals surface area contributed by atoms with Gasteiger partial charge in [-0.3, -0.25) is 0 Å². The third-order valence-electron chi connectivity index (χ3n) is 10.4. The quantitative estimate of drug-likeness (QED) is 0.179. The Morgan fingerprint density at radius 1 is 0.407 bits per heavy atom. The molecule has 0 bridgehead atoms. The van der Waals surface area contributed by atoms with Crippen molar-refractivity contribution < 1.29 is 0 Å². The first kappa shape index (κ1) is 30.7. The molecule has 54 heavy (non-hydrogen) atoms. The van der Waals surface area contributed by atoms with E-state index in [-0.39, 0.29) is 0 Å². The first-order valence-corrected chi connectivity index (χ1v) is 18.9. The summed E-state index contributed by atoms with van der Waals surface area (Å²) >= 11 is 1.81. The van der Waals surface area contributed by atoms with Crippen LogP contribution in [0.4, 0.5) is 0 Å². The molecule has 5 heteroatoms. The summed E-state index contributed by atoms with van der Waals surface area (Å²) in [4.78, 5) is 15.5. The second-order valence-electron chi connectivity index (χ2n) is 13.6. The van der Waals surface area contributed by atoms with Crippen LogP contribution in [0.15, 0.2) is 182 Å². The SMILES string of the molecule is c1ccc(-c2nc(-c3ccc(-c4nc5ccccc5c5c4sc4ccccc45)cc3)cc(-c3ccc(-n4c5ccccc5c5ccccc54)cc3)n2)cc1. The maximum atomic E-state index is 5.22. The summed E-state index contributed by atoms with van der Waals surface area (Å²) in [5.74, 6) is 0.696. The predicted molar refractivity (Wildman–Crippen MR) is 226 cm³/mol. The van der Waals surface area contributed by atoms with Crippen LogP contribution < -0.4 is 0 Å². The zero-order chi connectivity index (χ0) is 35.6. The second-order valence-corrected chi connectivity index (χ2v) is 14.7.